The number of hydrogen-bond acceptors (Lipinski definition) is 4. The van der Waals surface area contributed by atoms with E-state index in [4.69, 9.17) is 0 Å². The molecule has 116 valence electrons. The van der Waals surface area contributed by atoms with E-state index in [1.807, 2.05) is 23.6 Å². The zero-order chi connectivity index (χ0) is 15.5. The van der Waals surface area contributed by atoms with Crippen LogP contribution in [0.4, 0.5) is 0 Å². The molecule has 0 spiro atoms. The van der Waals surface area contributed by atoms with Crippen molar-refractivity contribution in [2.45, 2.75) is 26.7 Å². The second kappa shape index (κ2) is 6.57. The van der Waals surface area contributed by atoms with Crippen molar-refractivity contribution in [2.75, 3.05) is 6.54 Å². The number of carbonyl (C=O) groups excluding carboxylic acids is 1. The van der Waals surface area contributed by atoms with Crippen LogP contribution in [0.1, 0.15) is 26.0 Å². The smallest absolute Gasteiger partial charge is 0.226 e. The second-order valence-electron chi connectivity index (χ2n) is 6.24. The van der Waals surface area contributed by atoms with Gasteiger partial charge in [0.15, 0.2) is 0 Å². The SMILES string of the molecule is CC(C)[C@@H]1C[C@H]1CNC(=O)Cc1csc(-c2ccccn2)n1. The van der Waals surface area contributed by atoms with Crippen molar-refractivity contribution in [1.82, 2.24) is 15.3 Å². The highest BCUT2D eigenvalue weighted by atomic mass is 32.1. The van der Waals surface area contributed by atoms with Crippen molar-refractivity contribution in [3.8, 4) is 10.7 Å². The van der Waals surface area contributed by atoms with E-state index in [1.165, 1.54) is 17.8 Å². The third kappa shape index (κ3) is 3.71. The van der Waals surface area contributed by atoms with Gasteiger partial charge in [-0.2, -0.15) is 0 Å². The number of nitrogens with zero attached hydrogens (tertiary/aromatic N) is 2. The van der Waals surface area contributed by atoms with Crippen LogP contribution in [0.3, 0.4) is 0 Å². The van der Waals surface area contributed by atoms with Crippen molar-refractivity contribution < 1.29 is 4.79 Å². The Hall–Kier alpha value is -1.75. The van der Waals surface area contributed by atoms with Gasteiger partial charge >= 0.3 is 0 Å². The van der Waals surface area contributed by atoms with Gasteiger partial charge in [-0.05, 0) is 36.3 Å². The Balaban J connectivity index is 1.49. The Labute approximate surface area is 135 Å². The number of carbonyl (C=O) groups is 1. The van der Waals surface area contributed by atoms with Gasteiger partial charge in [0.25, 0.3) is 0 Å². The van der Waals surface area contributed by atoms with Crippen LogP contribution in [0.15, 0.2) is 29.8 Å². The van der Waals surface area contributed by atoms with Crippen molar-refractivity contribution in [3.05, 3.63) is 35.5 Å². The average Bonchev–Trinajstić information content (AvgIpc) is 3.17. The molecule has 2 heterocycles. The molecule has 22 heavy (non-hydrogen) atoms. The van der Waals surface area contributed by atoms with Crippen LogP contribution in [0.5, 0.6) is 0 Å². The quantitative estimate of drug-likeness (QED) is 0.891. The third-order valence-corrected chi connectivity index (χ3v) is 5.09. The number of nitrogens with one attached hydrogen (secondary N) is 1. The number of thiazole rings is 1. The summed E-state index contributed by atoms with van der Waals surface area (Å²) in [5, 5.41) is 5.85. The molecule has 2 aromatic heterocycles. The number of hydrogen-bond donors (Lipinski definition) is 1. The molecule has 0 saturated heterocycles. The van der Waals surface area contributed by atoms with E-state index < -0.39 is 0 Å². The maximum atomic E-state index is 12.0. The molecule has 1 N–H and O–H groups in total. The van der Waals surface area contributed by atoms with Gasteiger partial charge in [-0.3, -0.25) is 9.78 Å². The van der Waals surface area contributed by atoms with Crippen LogP contribution in [-0.2, 0) is 11.2 Å². The molecule has 2 atom stereocenters. The molecule has 0 unspecified atom stereocenters. The van der Waals surface area contributed by atoms with Crippen LogP contribution >= 0.6 is 11.3 Å². The minimum absolute atomic E-state index is 0.0623. The molecule has 1 amide bonds. The molecule has 2 aromatic rings. The van der Waals surface area contributed by atoms with Gasteiger partial charge in [0.05, 0.1) is 17.8 Å². The van der Waals surface area contributed by atoms with Crippen LogP contribution in [-0.4, -0.2) is 22.4 Å². The third-order valence-electron chi connectivity index (χ3n) is 4.17. The van der Waals surface area contributed by atoms with Gasteiger partial charge in [-0.15, -0.1) is 11.3 Å². The summed E-state index contributed by atoms with van der Waals surface area (Å²) in [4.78, 5) is 20.8. The van der Waals surface area contributed by atoms with Gasteiger partial charge in [-0.25, -0.2) is 4.98 Å². The fourth-order valence-electron chi connectivity index (χ4n) is 2.79. The Morgan fingerprint density at radius 3 is 3.00 bits per heavy atom. The average molecular weight is 315 g/mol. The second-order valence-corrected chi connectivity index (χ2v) is 7.10. The first-order chi connectivity index (χ1) is 10.6. The Morgan fingerprint density at radius 1 is 1.45 bits per heavy atom. The zero-order valence-corrected chi connectivity index (χ0v) is 13.8. The predicted octanol–water partition coefficient (Wildman–Crippen LogP) is 3.16. The summed E-state index contributed by atoms with van der Waals surface area (Å²) in [5.41, 5.74) is 1.68. The Bertz CT molecular complexity index is 638. The number of rotatable bonds is 6. The standard InChI is InChI=1S/C17H21N3OS/c1-11(2)14-7-12(14)9-19-16(21)8-13-10-22-17(20-13)15-5-3-4-6-18-15/h3-6,10-12,14H,7-9H2,1-2H3,(H,19,21)/t12-,14-/m0/s1. The van der Waals surface area contributed by atoms with Gasteiger partial charge in [0, 0.05) is 18.1 Å². The van der Waals surface area contributed by atoms with E-state index in [9.17, 15) is 4.79 Å². The van der Waals surface area contributed by atoms with Crippen LogP contribution in [0, 0.1) is 17.8 Å². The largest absolute Gasteiger partial charge is 0.355 e. The summed E-state index contributed by atoms with van der Waals surface area (Å²) in [6.45, 7) is 5.31. The summed E-state index contributed by atoms with van der Waals surface area (Å²) >= 11 is 1.53. The van der Waals surface area contributed by atoms with Gasteiger partial charge in [-0.1, -0.05) is 19.9 Å². The first-order valence-corrected chi connectivity index (χ1v) is 8.64. The summed E-state index contributed by atoms with van der Waals surface area (Å²) in [7, 11) is 0. The van der Waals surface area contributed by atoms with Crippen LogP contribution < -0.4 is 5.32 Å². The molecule has 1 aliphatic rings. The molecular weight excluding hydrogens is 294 g/mol. The van der Waals surface area contributed by atoms with E-state index in [-0.39, 0.29) is 5.91 Å². The fourth-order valence-corrected chi connectivity index (χ4v) is 3.58. The monoisotopic (exact) mass is 315 g/mol. The summed E-state index contributed by atoms with van der Waals surface area (Å²) < 4.78 is 0. The van der Waals surface area contributed by atoms with E-state index in [0.717, 1.165) is 34.8 Å². The van der Waals surface area contributed by atoms with Crippen molar-refractivity contribution in [1.29, 1.82) is 0 Å². The van der Waals surface area contributed by atoms with Crippen molar-refractivity contribution >= 4 is 17.2 Å². The lowest BCUT2D eigenvalue weighted by Gasteiger charge is -2.05. The lowest BCUT2D eigenvalue weighted by atomic mass is 10.1. The topological polar surface area (TPSA) is 54.9 Å². The van der Waals surface area contributed by atoms with Crippen molar-refractivity contribution in [2.24, 2.45) is 17.8 Å². The molecule has 5 heteroatoms. The number of pyridine rings is 1. The molecule has 1 aliphatic carbocycles. The predicted molar refractivity (Wildman–Crippen MR) is 88.5 cm³/mol. The molecule has 3 rings (SSSR count). The molecule has 4 nitrogen and oxygen atoms in total. The molecule has 1 fully saturated rings. The van der Waals surface area contributed by atoms with E-state index in [1.54, 1.807) is 6.20 Å². The minimum atomic E-state index is 0.0623. The molecule has 0 bridgehead atoms. The molecule has 0 aliphatic heterocycles. The van der Waals surface area contributed by atoms with E-state index >= 15 is 0 Å². The van der Waals surface area contributed by atoms with E-state index in [0.29, 0.717) is 12.3 Å². The Kier molecular flexibility index (Phi) is 4.52. The highest BCUT2D eigenvalue weighted by molar-refractivity contribution is 7.13. The van der Waals surface area contributed by atoms with Gasteiger partial charge in [0.2, 0.25) is 5.91 Å². The summed E-state index contributed by atoms with van der Waals surface area (Å²) in [6.07, 6.45) is 3.35. The minimum Gasteiger partial charge on any atom is -0.355 e. The highest BCUT2D eigenvalue weighted by Gasteiger charge is 2.38. The highest BCUT2D eigenvalue weighted by Crippen LogP contribution is 2.43. The van der Waals surface area contributed by atoms with Crippen molar-refractivity contribution in [3.63, 3.8) is 0 Å². The zero-order valence-electron chi connectivity index (χ0n) is 13.0. The molecule has 1 saturated carbocycles. The Morgan fingerprint density at radius 2 is 2.32 bits per heavy atom. The van der Waals surface area contributed by atoms with Gasteiger partial charge < -0.3 is 5.32 Å². The lowest BCUT2D eigenvalue weighted by molar-refractivity contribution is -0.120. The van der Waals surface area contributed by atoms with E-state index in [2.05, 4.69) is 29.1 Å². The molecule has 0 radical (unpaired) electrons. The number of aromatic nitrogens is 2. The first kappa shape index (κ1) is 15.2. The molecule has 0 aromatic carbocycles. The summed E-state index contributed by atoms with van der Waals surface area (Å²) in [6, 6.07) is 5.76. The normalized spacial score (nSPS) is 20.1. The van der Waals surface area contributed by atoms with Crippen LogP contribution in [0.25, 0.3) is 10.7 Å². The maximum absolute atomic E-state index is 12.0. The molecular formula is C17H21N3OS. The number of amides is 1. The summed E-state index contributed by atoms with van der Waals surface area (Å²) in [5.74, 6) is 2.24. The maximum Gasteiger partial charge on any atom is 0.226 e. The van der Waals surface area contributed by atoms with Gasteiger partial charge in [0.1, 0.15) is 5.01 Å². The van der Waals surface area contributed by atoms with Crippen LogP contribution in [0.2, 0.25) is 0 Å². The first-order valence-electron chi connectivity index (χ1n) is 7.76. The fraction of sp³-hybridized carbons (Fsp3) is 0.471. The lowest BCUT2D eigenvalue weighted by Crippen LogP contribution is -2.27.